The molecule has 2 aromatic carbocycles. The largest absolute Gasteiger partial charge is 0.481 e. The predicted octanol–water partition coefficient (Wildman–Crippen LogP) is 4.53. The lowest BCUT2D eigenvalue weighted by Gasteiger charge is -2.23. The highest BCUT2D eigenvalue weighted by Crippen LogP contribution is 2.27. The lowest BCUT2D eigenvalue weighted by Crippen LogP contribution is -2.40. The Morgan fingerprint density at radius 3 is 2.53 bits per heavy atom. The number of benzene rings is 2. The molecule has 158 valence electrons. The van der Waals surface area contributed by atoms with Crippen molar-refractivity contribution in [3.63, 3.8) is 0 Å². The molecule has 3 aromatic rings. The van der Waals surface area contributed by atoms with Crippen LogP contribution in [0.4, 0.5) is 4.39 Å². The van der Waals surface area contributed by atoms with Crippen LogP contribution >= 0.6 is 0 Å². The zero-order chi connectivity index (χ0) is 21.9. The summed E-state index contributed by atoms with van der Waals surface area (Å²) in [5.41, 5.74) is 1.44. The quantitative estimate of drug-likeness (QED) is 0.651. The highest BCUT2D eigenvalue weighted by atomic mass is 19.1. The van der Waals surface area contributed by atoms with Crippen molar-refractivity contribution in [2.75, 3.05) is 0 Å². The number of ether oxygens (including phenoxy) is 1. The van der Waals surface area contributed by atoms with Gasteiger partial charge in [0.25, 0.3) is 5.91 Å². The summed E-state index contributed by atoms with van der Waals surface area (Å²) in [6.45, 7) is 8.03. The first-order valence-electron chi connectivity index (χ1n) is 9.96. The number of nitrogens with zero attached hydrogens (tertiary/aromatic N) is 2. The van der Waals surface area contributed by atoms with Crippen LogP contribution in [0.1, 0.15) is 50.7 Å². The molecule has 0 aliphatic carbocycles. The number of halogens is 1. The van der Waals surface area contributed by atoms with Crippen LogP contribution in [-0.2, 0) is 17.3 Å². The summed E-state index contributed by atoms with van der Waals surface area (Å²) in [5.74, 6) is 0.393. The van der Waals surface area contributed by atoms with Gasteiger partial charge in [0.1, 0.15) is 23.4 Å². The number of hydrogen-bond acceptors (Lipinski definition) is 3. The summed E-state index contributed by atoms with van der Waals surface area (Å²) in [6.07, 6.45) is 2.61. The smallest absolute Gasteiger partial charge is 0.261 e. The second-order valence-electron chi connectivity index (χ2n) is 8.40. The van der Waals surface area contributed by atoms with Gasteiger partial charge in [0.15, 0.2) is 6.10 Å². The summed E-state index contributed by atoms with van der Waals surface area (Å²) >= 11 is 0. The molecular formula is C24H28FN3O2. The number of nitrogens with one attached hydrogen (secondary N) is 1. The molecule has 5 nitrogen and oxygen atoms in total. The van der Waals surface area contributed by atoms with E-state index in [0.29, 0.717) is 17.1 Å². The number of aryl methyl sites for hydroxylation is 1. The van der Waals surface area contributed by atoms with E-state index in [0.717, 1.165) is 5.56 Å². The minimum atomic E-state index is -0.769. The topological polar surface area (TPSA) is 56.1 Å². The lowest BCUT2D eigenvalue weighted by molar-refractivity contribution is -0.127. The molecule has 0 aliphatic heterocycles. The molecule has 3 rings (SSSR count). The second kappa shape index (κ2) is 8.69. The molecule has 1 amide bonds. The Morgan fingerprint density at radius 2 is 1.90 bits per heavy atom. The van der Waals surface area contributed by atoms with E-state index < -0.39 is 18.0 Å². The molecule has 0 bridgehead atoms. The van der Waals surface area contributed by atoms with Crippen molar-refractivity contribution in [1.29, 1.82) is 0 Å². The van der Waals surface area contributed by atoms with E-state index >= 15 is 0 Å². The maximum absolute atomic E-state index is 14.5. The van der Waals surface area contributed by atoms with E-state index in [2.05, 4.69) is 31.1 Å². The van der Waals surface area contributed by atoms with Crippen LogP contribution in [0.25, 0.3) is 0 Å². The third-order valence-electron chi connectivity index (χ3n) is 5.00. The van der Waals surface area contributed by atoms with Gasteiger partial charge in [0, 0.05) is 25.0 Å². The Kier molecular flexibility index (Phi) is 6.25. The molecule has 1 N–H and O–H groups in total. The molecule has 1 aromatic heterocycles. The molecule has 1 heterocycles. The lowest BCUT2D eigenvalue weighted by atomic mass is 9.87. The molecule has 0 fully saturated rings. The number of hydrogen-bond donors (Lipinski definition) is 1. The highest BCUT2D eigenvalue weighted by Gasteiger charge is 2.26. The van der Waals surface area contributed by atoms with Gasteiger partial charge < -0.3 is 14.6 Å². The van der Waals surface area contributed by atoms with Crippen molar-refractivity contribution in [1.82, 2.24) is 14.9 Å². The fourth-order valence-electron chi connectivity index (χ4n) is 3.20. The molecule has 30 heavy (non-hydrogen) atoms. The summed E-state index contributed by atoms with van der Waals surface area (Å²) in [4.78, 5) is 17.2. The summed E-state index contributed by atoms with van der Waals surface area (Å²) < 4.78 is 22.2. The first kappa shape index (κ1) is 21.6. The minimum Gasteiger partial charge on any atom is -0.481 e. The number of carbonyl (C=O) groups excluding carboxylic acids is 1. The van der Waals surface area contributed by atoms with Crippen molar-refractivity contribution < 1.29 is 13.9 Å². The van der Waals surface area contributed by atoms with E-state index in [9.17, 15) is 9.18 Å². The molecule has 0 saturated heterocycles. The SMILES string of the molecule is C[C@@H](Oc1cccc(C(C)(C)C)c1)C(=O)N[C@H](c1ccccc1F)c1nccn1C. The molecular weight excluding hydrogens is 381 g/mol. The Labute approximate surface area is 176 Å². The monoisotopic (exact) mass is 409 g/mol. The number of rotatable bonds is 6. The van der Waals surface area contributed by atoms with Crippen LogP contribution in [0.15, 0.2) is 60.9 Å². The average Bonchev–Trinajstić information content (AvgIpc) is 3.12. The minimum absolute atomic E-state index is 0.0288. The zero-order valence-corrected chi connectivity index (χ0v) is 18.0. The maximum atomic E-state index is 14.5. The third kappa shape index (κ3) is 4.87. The van der Waals surface area contributed by atoms with E-state index in [1.165, 1.54) is 6.07 Å². The van der Waals surface area contributed by atoms with Crippen LogP contribution in [0, 0.1) is 5.82 Å². The Bertz CT molecular complexity index is 1020. The van der Waals surface area contributed by atoms with Gasteiger partial charge in [-0.25, -0.2) is 9.37 Å². The predicted molar refractivity (Wildman–Crippen MR) is 115 cm³/mol. The van der Waals surface area contributed by atoms with Crippen LogP contribution in [0.3, 0.4) is 0 Å². The van der Waals surface area contributed by atoms with Gasteiger partial charge in [-0.3, -0.25) is 4.79 Å². The number of amides is 1. The van der Waals surface area contributed by atoms with Crippen LogP contribution in [0.5, 0.6) is 5.75 Å². The van der Waals surface area contributed by atoms with E-state index in [1.54, 1.807) is 49.1 Å². The molecule has 6 heteroatoms. The van der Waals surface area contributed by atoms with Gasteiger partial charge >= 0.3 is 0 Å². The molecule has 0 spiro atoms. The fraction of sp³-hybridized carbons (Fsp3) is 0.333. The highest BCUT2D eigenvalue weighted by molar-refractivity contribution is 5.81. The van der Waals surface area contributed by atoms with Gasteiger partial charge in [0.2, 0.25) is 0 Å². The molecule has 0 unspecified atom stereocenters. The standard InChI is InChI=1S/C24H28FN3O2/c1-16(30-18-10-8-9-17(15-18)24(2,3)4)23(29)27-21(22-26-13-14-28(22)5)19-11-6-7-12-20(19)25/h6-16,21H,1-5H3,(H,27,29)/t16-,21-/m1/s1. The van der Waals surface area contributed by atoms with Crippen molar-refractivity contribution in [3.05, 3.63) is 83.7 Å². The van der Waals surface area contributed by atoms with E-state index in [4.69, 9.17) is 4.74 Å². The zero-order valence-electron chi connectivity index (χ0n) is 18.0. The molecule has 0 aliphatic rings. The van der Waals surface area contributed by atoms with Gasteiger partial charge in [-0.15, -0.1) is 0 Å². The number of carbonyl (C=O) groups is 1. The Balaban J connectivity index is 1.81. The summed E-state index contributed by atoms with van der Waals surface area (Å²) in [6, 6.07) is 13.4. The molecule has 2 atom stereocenters. The fourth-order valence-corrected chi connectivity index (χ4v) is 3.20. The maximum Gasteiger partial charge on any atom is 0.261 e. The molecule has 0 radical (unpaired) electrons. The van der Waals surface area contributed by atoms with E-state index in [1.807, 2.05) is 24.3 Å². The van der Waals surface area contributed by atoms with E-state index in [-0.39, 0.29) is 11.3 Å². The first-order valence-corrected chi connectivity index (χ1v) is 9.96. The first-order chi connectivity index (χ1) is 14.2. The van der Waals surface area contributed by atoms with Gasteiger partial charge in [0.05, 0.1) is 0 Å². The normalized spacial score (nSPS) is 13.5. The average molecular weight is 410 g/mol. The van der Waals surface area contributed by atoms with Gasteiger partial charge in [-0.2, -0.15) is 0 Å². The van der Waals surface area contributed by atoms with Crippen molar-refractivity contribution in [2.45, 2.75) is 45.3 Å². The van der Waals surface area contributed by atoms with Crippen molar-refractivity contribution in [3.8, 4) is 5.75 Å². The second-order valence-corrected chi connectivity index (χ2v) is 8.40. The van der Waals surface area contributed by atoms with Crippen LogP contribution in [0.2, 0.25) is 0 Å². The molecule has 0 saturated carbocycles. The summed E-state index contributed by atoms with van der Waals surface area (Å²) in [5, 5.41) is 2.89. The van der Waals surface area contributed by atoms with Gasteiger partial charge in [-0.1, -0.05) is 51.1 Å². The number of aromatic nitrogens is 2. The summed E-state index contributed by atoms with van der Waals surface area (Å²) in [7, 11) is 1.81. The van der Waals surface area contributed by atoms with Crippen molar-refractivity contribution in [2.24, 2.45) is 7.05 Å². The number of imidazole rings is 1. The Hall–Kier alpha value is -3.15. The van der Waals surface area contributed by atoms with Crippen LogP contribution in [-0.4, -0.2) is 21.6 Å². The van der Waals surface area contributed by atoms with Gasteiger partial charge in [-0.05, 0) is 36.1 Å². The van der Waals surface area contributed by atoms with Crippen molar-refractivity contribution >= 4 is 5.91 Å². The Morgan fingerprint density at radius 1 is 1.17 bits per heavy atom. The third-order valence-corrected chi connectivity index (χ3v) is 5.00. The van der Waals surface area contributed by atoms with Crippen LogP contribution < -0.4 is 10.1 Å².